The smallest absolute Gasteiger partial charge is 0.160 e. The lowest BCUT2D eigenvalue weighted by atomic mass is 10.1. The van der Waals surface area contributed by atoms with E-state index < -0.39 is 0 Å². The number of hydrogen-bond acceptors (Lipinski definition) is 2. The molecule has 3 nitrogen and oxygen atoms in total. The molecule has 2 aromatic rings. The normalized spacial score (nSPS) is 13.5. The first-order chi connectivity index (χ1) is 8.04. The standard InChI is InChI=1S/C12H15BrClN3/c1-7(2)8(3)17-11(5-14)16-10-4-9(13)6-15-12(10)17/h4,6-8H,5H2,1-3H3. The van der Waals surface area contributed by atoms with Crippen LogP contribution in [0.25, 0.3) is 11.2 Å². The number of nitrogens with zero attached hydrogens (tertiary/aromatic N) is 3. The molecule has 0 saturated heterocycles. The number of imidazole rings is 1. The fraction of sp³-hybridized carbons (Fsp3) is 0.500. The van der Waals surface area contributed by atoms with Gasteiger partial charge in [0.05, 0.1) is 5.88 Å². The van der Waals surface area contributed by atoms with Gasteiger partial charge in [0.2, 0.25) is 0 Å². The molecule has 1 atom stereocenters. The first-order valence-electron chi connectivity index (χ1n) is 5.63. The van der Waals surface area contributed by atoms with E-state index in [-0.39, 0.29) is 0 Å². The average Bonchev–Trinajstić information content (AvgIpc) is 2.65. The summed E-state index contributed by atoms with van der Waals surface area (Å²) in [5, 5.41) is 0. The topological polar surface area (TPSA) is 30.7 Å². The molecule has 0 fully saturated rings. The van der Waals surface area contributed by atoms with Crippen LogP contribution in [0.5, 0.6) is 0 Å². The largest absolute Gasteiger partial charge is 0.309 e. The quantitative estimate of drug-likeness (QED) is 0.796. The molecule has 2 heterocycles. The van der Waals surface area contributed by atoms with E-state index in [4.69, 9.17) is 11.6 Å². The zero-order chi connectivity index (χ0) is 12.6. The van der Waals surface area contributed by atoms with Crippen molar-refractivity contribution in [2.75, 3.05) is 0 Å². The third-order valence-electron chi connectivity index (χ3n) is 3.06. The molecular formula is C12H15BrClN3. The van der Waals surface area contributed by atoms with Crippen molar-refractivity contribution >= 4 is 38.7 Å². The molecule has 0 spiro atoms. The molecule has 0 aliphatic heterocycles. The van der Waals surface area contributed by atoms with Gasteiger partial charge in [-0.25, -0.2) is 9.97 Å². The average molecular weight is 317 g/mol. The van der Waals surface area contributed by atoms with Crippen LogP contribution in [0.4, 0.5) is 0 Å². The molecule has 1 unspecified atom stereocenters. The first kappa shape index (κ1) is 12.8. The summed E-state index contributed by atoms with van der Waals surface area (Å²) in [5.41, 5.74) is 1.80. The van der Waals surface area contributed by atoms with Gasteiger partial charge in [0.15, 0.2) is 5.65 Å². The molecule has 0 radical (unpaired) electrons. The number of rotatable bonds is 3. The summed E-state index contributed by atoms with van der Waals surface area (Å²) in [7, 11) is 0. The van der Waals surface area contributed by atoms with Crippen LogP contribution in [-0.4, -0.2) is 14.5 Å². The van der Waals surface area contributed by atoms with E-state index in [1.54, 1.807) is 6.20 Å². The maximum atomic E-state index is 5.97. The van der Waals surface area contributed by atoms with E-state index in [1.165, 1.54) is 0 Å². The maximum Gasteiger partial charge on any atom is 0.160 e. The van der Waals surface area contributed by atoms with Crippen LogP contribution < -0.4 is 0 Å². The summed E-state index contributed by atoms with van der Waals surface area (Å²) in [4.78, 5) is 8.98. The van der Waals surface area contributed by atoms with Gasteiger partial charge in [-0.05, 0) is 34.8 Å². The zero-order valence-electron chi connectivity index (χ0n) is 10.1. The monoisotopic (exact) mass is 315 g/mol. The Morgan fingerprint density at radius 3 is 2.71 bits per heavy atom. The molecule has 0 N–H and O–H groups in total. The lowest BCUT2D eigenvalue weighted by Crippen LogP contribution is -2.14. The zero-order valence-corrected chi connectivity index (χ0v) is 12.5. The SMILES string of the molecule is CC(C)C(C)n1c(CCl)nc2cc(Br)cnc21. The van der Waals surface area contributed by atoms with Crippen LogP contribution in [0.15, 0.2) is 16.7 Å². The molecule has 92 valence electrons. The predicted octanol–water partition coefficient (Wildman–Crippen LogP) is 4.15. The van der Waals surface area contributed by atoms with Crippen molar-refractivity contribution < 1.29 is 0 Å². The molecule has 0 amide bonds. The molecule has 17 heavy (non-hydrogen) atoms. The van der Waals surface area contributed by atoms with E-state index in [2.05, 4.69) is 51.2 Å². The first-order valence-corrected chi connectivity index (χ1v) is 6.95. The minimum Gasteiger partial charge on any atom is -0.309 e. The van der Waals surface area contributed by atoms with E-state index in [1.807, 2.05) is 6.07 Å². The van der Waals surface area contributed by atoms with Crippen molar-refractivity contribution in [3.63, 3.8) is 0 Å². The highest BCUT2D eigenvalue weighted by molar-refractivity contribution is 9.10. The van der Waals surface area contributed by atoms with Crippen LogP contribution in [0.1, 0.15) is 32.6 Å². The van der Waals surface area contributed by atoms with Gasteiger partial charge in [-0.15, -0.1) is 11.6 Å². The van der Waals surface area contributed by atoms with E-state index >= 15 is 0 Å². The third kappa shape index (κ3) is 2.33. The number of aromatic nitrogens is 3. The molecule has 0 aliphatic carbocycles. The Bertz CT molecular complexity index is 536. The Hall–Kier alpha value is -0.610. The Kier molecular flexibility index (Phi) is 3.73. The number of hydrogen-bond donors (Lipinski definition) is 0. The minimum atomic E-state index is 0.336. The maximum absolute atomic E-state index is 5.97. The predicted molar refractivity (Wildman–Crippen MR) is 74.3 cm³/mol. The lowest BCUT2D eigenvalue weighted by Gasteiger charge is -2.19. The third-order valence-corrected chi connectivity index (χ3v) is 3.73. The Morgan fingerprint density at radius 2 is 2.12 bits per heavy atom. The van der Waals surface area contributed by atoms with Crippen molar-refractivity contribution in [2.45, 2.75) is 32.7 Å². The van der Waals surface area contributed by atoms with Crippen LogP contribution in [0.2, 0.25) is 0 Å². The van der Waals surface area contributed by atoms with E-state index in [0.29, 0.717) is 17.8 Å². The summed E-state index contributed by atoms with van der Waals surface area (Å²) in [6.07, 6.45) is 1.80. The van der Waals surface area contributed by atoms with Crippen LogP contribution in [0, 0.1) is 5.92 Å². The fourth-order valence-electron chi connectivity index (χ4n) is 1.82. The van der Waals surface area contributed by atoms with Gasteiger partial charge in [0.1, 0.15) is 11.3 Å². The molecule has 5 heteroatoms. The number of pyridine rings is 1. The molecule has 0 aromatic carbocycles. The molecule has 0 aliphatic rings. The molecule has 0 bridgehead atoms. The summed E-state index contributed by atoms with van der Waals surface area (Å²) >= 11 is 9.38. The minimum absolute atomic E-state index is 0.336. The second-order valence-electron chi connectivity index (χ2n) is 4.51. The highest BCUT2D eigenvalue weighted by atomic mass is 79.9. The van der Waals surface area contributed by atoms with Gasteiger partial charge in [0.25, 0.3) is 0 Å². The Morgan fingerprint density at radius 1 is 1.41 bits per heavy atom. The highest BCUT2D eigenvalue weighted by Crippen LogP contribution is 2.26. The second kappa shape index (κ2) is 4.94. The van der Waals surface area contributed by atoms with Crippen molar-refractivity contribution in [1.82, 2.24) is 14.5 Å². The van der Waals surface area contributed by atoms with E-state index in [9.17, 15) is 0 Å². The van der Waals surface area contributed by atoms with Crippen LogP contribution in [-0.2, 0) is 5.88 Å². The second-order valence-corrected chi connectivity index (χ2v) is 5.70. The summed E-state index contributed by atoms with van der Waals surface area (Å²) in [5.74, 6) is 1.80. The number of alkyl halides is 1. The molecule has 0 saturated carbocycles. The van der Waals surface area contributed by atoms with Crippen molar-refractivity contribution in [3.8, 4) is 0 Å². The van der Waals surface area contributed by atoms with Gasteiger partial charge in [-0.3, -0.25) is 0 Å². The molecular weight excluding hydrogens is 302 g/mol. The van der Waals surface area contributed by atoms with Gasteiger partial charge in [-0.1, -0.05) is 13.8 Å². The Balaban J connectivity index is 2.66. The number of halogens is 2. The van der Waals surface area contributed by atoms with Gasteiger partial charge in [-0.2, -0.15) is 0 Å². The van der Waals surface area contributed by atoms with Gasteiger partial charge >= 0.3 is 0 Å². The molecule has 2 rings (SSSR count). The van der Waals surface area contributed by atoms with Gasteiger partial charge < -0.3 is 4.57 Å². The Labute approximate surface area is 114 Å². The van der Waals surface area contributed by atoms with E-state index in [0.717, 1.165) is 21.5 Å². The van der Waals surface area contributed by atoms with Crippen LogP contribution in [0.3, 0.4) is 0 Å². The summed E-state index contributed by atoms with van der Waals surface area (Å²) < 4.78 is 3.08. The lowest BCUT2D eigenvalue weighted by molar-refractivity contribution is 0.407. The molecule has 2 aromatic heterocycles. The van der Waals surface area contributed by atoms with Crippen LogP contribution >= 0.6 is 27.5 Å². The fourth-order valence-corrected chi connectivity index (χ4v) is 2.33. The number of fused-ring (bicyclic) bond motifs is 1. The summed E-state index contributed by atoms with van der Waals surface area (Å²) in [6.45, 7) is 6.55. The van der Waals surface area contributed by atoms with Crippen molar-refractivity contribution in [2.24, 2.45) is 5.92 Å². The summed E-state index contributed by atoms with van der Waals surface area (Å²) in [6, 6.07) is 2.31. The van der Waals surface area contributed by atoms with Crippen molar-refractivity contribution in [3.05, 3.63) is 22.6 Å². The van der Waals surface area contributed by atoms with Gasteiger partial charge in [0, 0.05) is 16.7 Å². The highest BCUT2D eigenvalue weighted by Gasteiger charge is 2.18. The van der Waals surface area contributed by atoms with Crippen molar-refractivity contribution in [1.29, 1.82) is 0 Å².